The number of carbonyl (C=O) groups excluding carboxylic acids is 2. The van der Waals surface area contributed by atoms with Crippen LogP contribution in [0.2, 0.25) is 0 Å². The van der Waals surface area contributed by atoms with Gasteiger partial charge in [-0.3, -0.25) is 9.59 Å². The van der Waals surface area contributed by atoms with Crippen LogP contribution in [0.1, 0.15) is 19.8 Å². The molecular formula is C24H31N7O3S. The number of amides is 2. The van der Waals surface area contributed by atoms with Gasteiger partial charge in [0.1, 0.15) is 5.82 Å². The van der Waals surface area contributed by atoms with E-state index in [1.807, 2.05) is 30.3 Å². The van der Waals surface area contributed by atoms with Gasteiger partial charge in [0.15, 0.2) is 10.8 Å². The number of para-hydroxylation sites is 1. The van der Waals surface area contributed by atoms with Gasteiger partial charge in [0.05, 0.1) is 30.7 Å². The molecule has 186 valence electrons. The fraction of sp³-hybridized carbons (Fsp3) is 0.458. The number of thioether (sulfide) groups is 1. The molecule has 0 saturated carbocycles. The molecule has 11 heteroatoms. The summed E-state index contributed by atoms with van der Waals surface area (Å²) in [4.78, 5) is 36.2. The van der Waals surface area contributed by atoms with Crippen LogP contribution < -0.4 is 15.5 Å². The van der Waals surface area contributed by atoms with Crippen LogP contribution in [0.3, 0.4) is 0 Å². The van der Waals surface area contributed by atoms with Gasteiger partial charge in [0.25, 0.3) is 0 Å². The number of nitrogens with one attached hydrogen (secondary N) is 2. The Balaban J connectivity index is 1.39. The summed E-state index contributed by atoms with van der Waals surface area (Å²) in [5, 5.41) is 12.3. The molecule has 1 aliphatic rings. The molecule has 1 saturated heterocycles. The molecule has 3 aromatic rings. The van der Waals surface area contributed by atoms with Gasteiger partial charge in [-0.2, -0.15) is 5.10 Å². The number of fused-ring (bicyclic) bond motifs is 1. The first kappa shape index (κ1) is 24.9. The van der Waals surface area contributed by atoms with Crippen molar-refractivity contribution >= 4 is 46.1 Å². The van der Waals surface area contributed by atoms with Gasteiger partial charge < -0.3 is 20.3 Å². The monoisotopic (exact) mass is 497 g/mol. The zero-order chi connectivity index (χ0) is 24.6. The van der Waals surface area contributed by atoms with Crippen molar-refractivity contribution in [1.82, 2.24) is 25.1 Å². The van der Waals surface area contributed by atoms with Gasteiger partial charge >= 0.3 is 0 Å². The molecule has 0 radical (unpaired) electrons. The number of rotatable bonds is 12. The molecular weight excluding hydrogens is 466 g/mol. The van der Waals surface area contributed by atoms with E-state index in [0.29, 0.717) is 37.9 Å². The topological polar surface area (TPSA) is 114 Å². The summed E-state index contributed by atoms with van der Waals surface area (Å²) in [6, 6.07) is 9.45. The molecule has 3 heterocycles. The lowest BCUT2D eigenvalue weighted by Gasteiger charge is -2.16. The van der Waals surface area contributed by atoms with Crippen LogP contribution in [0.25, 0.3) is 11.0 Å². The number of carbonyl (C=O) groups is 2. The molecule has 2 amide bonds. The first-order valence-corrected chi connectivity index (χ1v) is 12.8. The molecule has 2 N–H and O–H groups in total. The van der Waals surface area contributed by atoms with E-state index in [1.54, 1.807) is 34.7 Å². The number of nitrogens with zero attached hydrogens (tertiary/aromatic N) is 5. The Morgan fingerprint density at radius 3 is 2.83 bits per heavy atom. The molecule has 10 nitrogen and oxygen atoms in total. The van der Waals surface area contributed by atoms with Gasteiger partial charge in [-0.25, -0.2) is 14.6 Å². The molecule has 0 spiro atoms. The average molecular weight is 498 g/mol. The zero-order valence-electron chi connectivity index (χ0n) is 20.1. The highest BCUT2D eigenvalue weighted by Crippen LogP contribution is 2.26. The molecule has 1 aliphatic heterocycles. The predicted octanol–water partition coefficient (Wildman–Crippen LogP) is 2.56. The summed E-state index contributed by atoms with van der Waals surface area (Å²) in [6.07, 6.45) is 2.98. The standard InChI is InChI=1S/C24H31N7O3S/c1-3-13-35-24-28-21(25-10-12-34-2)19-15-27-31(22(19)29-24)11-9-26-23(33)17-14-20(32)30(16-17)18-7-5-4-6-8-18/h4-8,15,17H,3,9-14,16H2,1-2H3,(H,26,33)(H,25,28,29). The van der Waals surface area contributed by atoms with Gasteiger partial charge in [-0.05, 0) is 18.6 Å². The average Bonchev–Trinajstić information content (AvgIpc) is 3.47. The Hall–Kier alpha value is -3.18. The normalized spacial score (nSPS) is 15.7. The quantitative estimate of drug-likeness (QED) is 0.223. The van der Waals surface area contributed by atoms with Crippen LogP contribution in [0.15, 0.2) is 41.7 Å². The number of methoxy groups -OCH3 is 1. The molecule has 35 heavy (non-hydrogen) atoms. The molecule has 1 atom stereocenters. The number of ether oxygens (including phenoxy) is 1. The van der Waals surface area contributed by atoms with Crippen molar-refractivity contribution in [3.63, 3.8) is 0 Å². The largest absolute Gasteiger partial charge is 0.383 e. The second-order valence-electron chi connectivity index (χ2n) is 8.26. The zero-order valence-corrected chi connectivity index (χ0v) is 20.9. The van der Waals surface area contributed by atoms with Crippen molar-refractivity contribution < 1.29 is 14.3 Å². The van der Waals surface area contributed by atoms with E-state index in [9.17, 15) is 9.59 Å². The lowest BCUT2D eigenvalue weighted by molar-refractivity contribution is -0.126. The van der Waals surface area contributed by atoms with Crippen LogP contribution >= 0.6 is 11.8 Å². The number of anilines is 2. The van der Waals surface area contributed by atoms with Crippen LogP contribution in [-0.4, -0.2) is 70.7 Å². The van der Waals surface area contributed by atoms with E-state index < -0.39 is 0 Å². The summed E-state index contributed by atoms with van der Waals surface area (Å²) in [5.74, 6) is 1.13. The fourth-order valence-electron chi connectivity index (χ4n) is 3.93. The van der Waals surface area contributed by atoms with Crippen LogP contribution in [0.5, 0.6) is 0 Å². The first-order chi connectivity index (χ1) is 17.1. The number of benzene rings is 1. The van der Waals surface area contributed by atoms with Crippen molar-refractivity contribution in [2.45, 2.75) is 31.5 Å². The molecule has 0 bridgehead atoms. The highest BCUT2D eigenvalue weighted by molar-refractivity contribution is 7.99. The van der Waals surface area contributed by atoms with E-state index in [-0.39, 0.29) is 24.2 Å². The Bertz CT molecular complexity index is 1150. The number of hydrogen-bond acceptors (Lipinski definition) is 8. The van der Waals surface area contributed by atoms with Crippen LogP contribution in [0, 0.1) is 5.92 Å². The highest BCUT2D eigenvalue weighted by Gasteiger charge is 2.34. The Morgan fingerprint density at radius 1 is 1.23 bits per heavy atom. The fourth-order valence-corrected chi connectivity index (χ4v) is 4.63. The maximum absolute atomic E-state index is 12.8. The molecule has 1 unspecified atom stereocenters. The van der Waals surface area contributed by atoms with E-state index >= 15 is 0 Å². The van der Waals surface area contributed by atoms with Gasteiger partial charge in [-0.1, -0.05) is 36.9 Å². The minimum Gasteiger partial charge on any atom is -0.383 e. The minimum atomic E-state index is -0.368. The maximum atomic E-state index is 12.8. The lowest BCUT2D eigenvalue weighted by atomic mass is 10.1. The summed E-state index contributed by atoms with van der Waals surface area (Å²) in [7, 11) is 1.66. The molecule has 1 aromatic carbocycles. The third kappa shape index (κ3) is 6.09. The Kier molecular flexibility index (Phi) is 8.54. The van der Waals surface area contributed by atoms with Gasteiger partial charge in [0.2, 0.25) is 11.8 Å². The summed E-state index contributed by atoms with van der Waals surface area (Å²) >= 11 is 1.60. The molecule has 1 fully saturated rings. The first-order valence-electron chi connectivity index (χ1n) is 11.8. The lowest BCUT2D eigenvalue weighted by Crippen LogP contribution is -2.35. The van der Waals surface area contributed by atoms with Crippen molar-refractivity contribution in [2.75, 3.05) is 49.3 Å². The van der Waals surface area contributed by atoms with E-state index in [4.69, 9.17) is 9.72 Å². The second kappa shape index (κ2) is 12.0. The molecule has 0 aliphatic carbocycles. The van der Waals surface area contributed by atoms with E-state index in [2.05, 4.69) is 27.6 Å². The van der Waals surface area contributed by atoms with E-state index in [0.717, 1.165) is 34.7 Å². The van der Waals surface area contributed by atoms with Crippen molar-refractivity contribution in [3.8, 4) is 0 Å². The summed E-state index contributed by atoms with van der Waals surface area (Å²) < 4.78 is 6.92. The van der Waals surface area contributed by atoms with Crippen molar-refractivity contribution in [2.24, 2.45) is 5.92 Å². The van der Waals surface area contributed by atoms with E-state index in [1.165, 1.54) is 0 Å². The minimum absolute atomic E-state index is 0.0308. The van der Waals surface area contributed by atoms with Crippen molar-refractivity contribution in [3.05, 3.63) is 36.5 Å². The third-order valence-electron chi connectivity index (χ3n) is 5.70. The molecule has 2 aromatic heterocycles. The number of hydrogen-bond donors (Lipinski definition) is 2. The third-order valence-corrected chi connectivity index (χ3v) is 6.75. The van der Waals surface area contributed by atoms with Crippen molar-refractivity contribution in [1.29, 1.82) is 0 Å². The predicted molar refractivity (Wildman–Crippen MR) is 137 cm³/mol. The van der Waals surface area contributed by atoms with Crippen LogP contribution in [0.4, 0.5) is 11.5 Å². The second-order valence-corrected chi connectivity index (χ2v) is 9.32. The number of aromatic nitrogens is 4. The Morgan fingerprint density at radius 2 is 2.06 bits per heavy atom. The van der Waals surface area contributed by atoms with Gasteiger partial charge in [0, 0.05) is 44.6 Å². The SMILES string of the molecule is CCCSc1nc(NCCOC)c2cnn(CCNC(=O)C3CC(=O)N(c4ccccc4)C3)c2n1. The summed E-state index contributed by atoms with van der Waals surface area (Å²) in [6.45, 7) is 4.55. The highest BCUT2D eigenvalue weighted by atomic mass is 32.2. The molecule has 4 rings (SSSR count). The maximum Gasteiger partial charge on any atom is 0.227 e. The van der Waals surface area contributed by atoms with Gasteiger partial charge in [-0.15, -0.1) is 0 Å². The smallest absolute Gasteiger partial charge is 0.227 e. The van der Waals surface area contributed by atoms with Crippen LogP contribution in [-0.2, 0) is 20.9 Å². The summed E-state index contributed by atoms with van der Waals surface area (Å²) in [5.41, 5.74) is 1.54. The Labute approximate surface area is 208 Å².